The van der Waals surface area contributed by atoms with Crippen LogP contribution < -0.4 is 0 Å². The van der Waals surface area contributed by atoms with Crippen molar-refractivity contribution in [2.45, 2.75) is 51.7 Å². The van der Waals surface area contributed by atoms with Crippen LogP contribution in [-0.4, -0.2) is 54.2 Å². The van der Waals surface area contributed by atoms with E-state index in [9.17, 15) is 5.11 Å². The molecule has 4 nitrogen and oxygen atoms in total. The maximum atomic E-state index is 10.6. The van der Waals surface area contributed by atoms with Crippen LogP contribution in [0.1, 0.15) is 44.1 Å². The van der Waals surface area contributed by atoms with Crippen molar-refractivity contribution in [2.24, 2.45) is 5.41 Å². The number of piperidine rings is 2. The highest BCUT2D eigenvalue weighted by Crippen LogP contribution is 2.38. The third kappa shape index (κ3) is 3.39. The van der Waals surface area contributed by atoms with Crippen LogP contribution in [0.3, 0.4) is 0 Å². The number of nitrogens with zero attached hydrogens (tertiary/aromatic N) is 2. The van der Waals surface area contributed by atoms with Gasteiger partial charge in [0.05, 0.1) is 12.6 Å². The molecule has 0 aliphatic carbocycles. The van der Waals surface area contributed by atoms with E-state index in [0.29, 0.717) is 0 Å². The number of hydrogen-bond acceptors (Lipinski definition) is 4. The Morgan fingerprint density at radius 3 is 2.91 bits per heavy atom. The van der Waals surface area contributed by atoms with E-state index in [-0.39, 0.29) is 11.5 Å². The Labute approximate surface area is 134 Å². The number of likely N-dealkylation sites (tertiary alicyclic amines) is 2. The van der Waals surface area contributed by atoms with E-state index < -0.39 is 0 Å². The summed E-state index contributed by atoms with van der Waals surface area (Å²) >= 11 is 0. The van der Waals surface area contributed by atoms with Crippen molar-refractivity contribution in [3.8, 4) is 0 Å². The van der Waals surface area contributed by atoms with E-state index in [0.717, 1.165) is 69.9 Å². The standard InChI is InChI=1S/C18H30N2O2/c1-3-5-15-6-7-16(22-15)12-20-10-4-9-18(14-20)13-19(2)11-8-17(18)21/h6-7,17,21H,3-5,8-14H2,1-2H3/t17-,18-/m0/s1. The van der Waals surface area contributed by atoms with Crippen LogP contribution in [-0.2, 0) is 13.0 Å². The third-order valence-corrected chi connectivity index (χ3v) is 5.36. The molecule has 3 heterocycles. The summed E-state index contributed by atoms with van der Waals surface area (Å²) in [5.41, 5.74) is 0.0596. The Kier molecular flexibility index (Phi) is 4.91. The number of aryl methyl sites for hydroxylation is 1. The summed E-state index contributed by atoms with van der Waals surface area (Å²) in [6.07, 6.45) is 5.22. The lowest BCUT2D eigenvalue weighted by atomic mass is 9.71. The van der Waals surface area contributed by atoms with Crippen LogP contribution in [0.4, 0.5) is 0 Å². The van der Waals surface area contributed by atoms with Gasteiger partial charge in [0.15, 0.2) is 0 Å². The lowest BCUT2D eigenvalue weighted by molar-refractivity contribution is -0.0816. The minimum atomic E-state index is -0.154. The molecule has 0 radical (unpaired) electrons. The van der Waals surface area contributed by atoms with Crippen molar-refractivity contribution in [3.05, 3.63) is 23.7 Å². The predicted molar refractivity (Wildman–Crippen MR) is 87.8 cm³/mol. The summed E-state index contributed by atoms with van der Waals surface area (Å²) in [5.74, 6) is 2.17. The molecule has 0 unspecified atom stereocenters. The fraction of sp³-hybridized carbons (Fsp3) is 0.778. The molecule has 1 spiro atoms. The van der Waals surface area contributed by atoms with Crippen LogP contribution in [0.2, 0.25) is 0 Å². The van der Waals surface area contributed by atoms with Gasteiger partial charge in [-0.1, -0.05) is 6.92 Å². The van der Waals surface area contributed by atoms with Gasteiger partial charge in [-0.15, -0.1) is 0 Å². The summed E-state index contributed by atoms with van der Waals surface area (Å²) in [7, 11) is 2.18. The molecule has 0 bridgehead atoms. The van der Waals surface area contributed by atoms with Gasteiger partial charge in [0, 0.05) is 31.5 Å². The summed E-state index contributed by atoms with van der Waals surface area (Å²) in [4.78, 5) is 4.85. The molecule has 2 aliphatic rings. The van der Waals surface area contributed by atoms with E-state index in [1.807, 2.05) is 0 Å². The van der Waals surface area contributed by atoms with Crippen molar-refractivity contribution in [1.82, 2.24) is 9.80 Å². The molecule has 0 aromatic carbocycles. The minimum absolute atomic E-state index is 0.0596. The van der Waals surface area contributed by atoms with E-state index in [2.05, 4.69) is 35.9 Å². The zero-order valence-corrected chi connectivity index (χ0v) is 14.1. The Hall–Kier alpha value is -0.840. The average molecular weight is 306 g/mol. The van der Waals surface area contributed by atoms with Gasteiger partial charge >= 0.3 is 0 Å². The van der Waals surface area contributed by atoms with Gasteiger partial charge in [-0.05, 0) is 51.4 Å². The number of rotatable bonds is 4. The molecular formula is C18H30N2O2. The minimum Gasteiger partial charge on any atom is -0.465 e. The first-order chi connectivity index (χ1) is 10.6. The van der Waals surface area contributed by atoms with E-state index in [1.54, 1.807) is 0 Å². The van der Waals surface area contributed by atoms with E-state index in [1.165, 1.54) is 6.42 Å². The SMILES string of the molecule is CCCc1ccc(CN2CCC[C@]3(CN(C)CC[C@@H]3O)C2)o1. The second-order valence-electron chi connectivity index (χ2n) is 7.34. The molecule has 0 amide bonds. The maximum Gasteiger partial charge on any atom is 0.118 e. The molecule has 0 saturated carbocycles. The van der Waals surface area contributed by atoms with Crippen molar-refractivity contribution < 1.29 is 9.52 Å². The van der Waals surface area contributed by atoms with Gasteiger partial charge in [0.25, 0.3) is 0 Å². The highest BCUT2D eigenvalue weighted by Gasteiger charge is 2.44. The first-order valence-corrected chi connectivity index (χ1v) is 8.78. The summed E-state index contributed by atoms with van der Waals surface area (Å²) in [6.45, 7) is 7.19. The van der Waals surface area contributed by atoms with Gasteiger partial charge in [-0.3, -0.25) is 4.90 Å². The van der Waals surface area contributed by atoms with Crippen LogP contribution in [0.15, 0.2) is 16.5 Å². The van der Waals surface area contributed by atoms with Crippen molar-refractivity contribution in [3.63, 3.8) is 0 Å². The largest absolute Gasteiger partial charge is 0.465 e. The molecule has 4 heteroatoms. The normalized spacial score (nSPS) is 31.0. The Bertz CT molecular complexity index is 487. The molecular weight excluding hydrogens is 276 g/mol. The highest BCUT2D eigenvalue weighted by atomic mass is 16.3. The zero-order chi connectivity index (χ0) is 15.6. The Morgan fingerprint density at radius 1 is 1.27 bits per heavy atom. The first-order valence-electron chi connectivity index (χ1n) is 8.78. The summed E-state index contributed by atoms with van der Waals surface area (Å²) in [5, 5.41) is 10.6. The van der Waals surface area contributed by atoms with Gasteiger partial charge in [-0.25, -0.2) is 0 Å². The molecule has 1 aromatic heterocycles. The molecule has 2 aliphatic heterocycles. The highest BCUT2D eigenvalue weighted by molar-refractivity contribution is 5.08. The van der Waals surface area contributed by atoms with Crippen molar-refractivity contribution in [1.29, 1.82) is 0 Å². The lowest BCUT2D eigenvalue weighted by Crippen LogP contribution is -2.58. The molecule has 124 valence electrons. The summed E-state index contributed by atoms with van der Waals surface area (Å²) in [6, 6.07) is 4.23. The molecule has 22 heavy (non-hydrogen) atoms. The second kappa shape index (κ2) is 6.73. The third-order valence-electron chi connectivity index (χ3n) is 5.36. The monoisotopic (exact) mass is 306 g/mol. The number of hydrogen-bond donors (Lipinski definition) is 1. The van der Waals surface area contributed by atoms with Gasteiger partial charge in [-0.2, -0.15) is 0 Å². The quantitative estimate of drug-likeness (QED) is 0.928. The molecule has 1 N–H and O–H groups in total. The fourth-order valence-corrected chi connectivity index (χ4v) is 4.27. The number of aliphatic hydroxyl groups is 1. The van der Waals surface area contributed by atoms with Crippen LogP contribution in [0, 0.1) is 5.41 Å². The van der Waals surface area contributed by atoms with Crippen LogP contribution in [0.5, 0.6) is 0 Å². The molecule has 3 rings (SSSR count). The Morgan fingerprint density at radius 2 is 2.09 bits per heavy atom. The number of aliphatic hydroxyl groups excluding tert-OH is 1. The fourth-order valence-electron chi connectivity index (χ4n) is 4.27. The van der Waals surface area contributed by atoms with Gasteiger partial charge in [0.1, 0.15) is 11.5 Å². The van der Waals surface area contributed by atoms with E-state index in [4.69, 9.17) is 4.42 Å². The lowest BCUT2D eigenvalue weighted by Gasteiger charge is -2.50. The molecule has 2 saturated heterocycles. The second-order valence-corrected chi connectivity index (χ2v) is 7.34. The molecule has 2 atom stereocenters. The Balaban J connectivity index is 1.64. The molecule has 1 aromatic rings. The number of furan rings is 1. The average Bonchev–Trinajstić information content (AvgIpc) is 2.91. The smallest absolute Gasteiger partial charge is 0.118 e. The maximum absolute atomic E-state index is 10.6. The van der Waals surface area contributed by atoms with Crippen LogP contribution in [0.25, 0.3) is 0 Å². The predicted octanol–water partition coefficient (Wildman–Crippen LogP) is 2.51. The van der Waals surface area contributed by atoms with Gasteiger partial charge < -0.3 is 14.4 Å². The van der Waals surface area contributed by atoms with E-state index >= 15 is 0 Å². The zero-order valence-electron chi connectivity index (χ0n) is 14.1. The van der Waals surface area contributed by atoms with Crippen molar-refractivity contribution >= 4 is 0 Å². The first kappa shape index (κ1) is 16.0. The van der Waals surface area contributed by atoms with Crippen molar-refractivity contribution in [2.75, 3.05) is 33.2 Å². The summed E-state index contributed by atoms with van der Waals surface area (Å²) < 4.78 is 5.94. The van der Waals surface area contributed by atoms with Crippen LogP contribution >= 0.6 is 0 Å². The topological polar surface area (TPSA) is 39.9 Å². The van der Waals surface area contributed by atoms with Gasteiger partial charge in [0.2, 0.25) is 0 Å². The molecule has 2 fully saturated rings.